The fourth-order valence-corrected chi connectivity index (χ4v) is 4.23. The number of rotatable bonds is 10. The molecule has 0 bridgehead atoms. The van der Waals surface area contributed by atoms with Crippen molar-refractivity contribution < 1.29 is 14.7 Å². The van der Waals surface area contributed by atoms with Crippen LogP contribution >= 0.6 is 11.8 Å². The summed E-state index contributed by atoms with van der Waals surface area (Å²) in [6.07, 6.45) is 0.415. The van der Waals surface area contributed by atoms with E-state index in [0.29, 0.717) is 53.4 Å². The molecule has 0 aliphatic carbocycles. The van der Waals surface area contributed by atoms with Crippen LogP contribution in [-0.4, -0.2) is 56.8 Å². The number of nitrogens with one attached hydrogen (secondary N) is 1. The third-order valence-electron chi connectivity index (χ3n) is 5.17. The van der Waals surface area contributed by atoms with Gasteiger partial charge in [0.15, 0.2) is 5.16 Å². The van der Waals surface area contributed by atoms with Crippen molar-refractivity contribution in [3.8, 4) is 0 Å². The number of benzene rings is 2. The number of aliphatic hydroxyl groups excluding tert-OH is 1. The third kappa shape index (κ3) is 6.00. The van der Waals surface area contributed by atoms with Crippen molar-refractivity contribution in [3.63, 3.8) is 0 Å². The number of fused-ring (bicyclic) bond motifs is 1. The zero-order valence-corrected chi connectivity index (χ0v) is 19.6. The number of thioether (sulfide) groups is 1. The van der Waals surface area contributed by atoms with Gasteiger partial charge in [0, 0.05) is 37.5 Å². The standard InChI is InChI=1S/C24H28N4O4S/c1-3-27(4-2)22(31)17-10-12-18(13-11-17)25-21(30)16-33-24-26-20-9-6-5-8-19(20)23(32)28(24)14-7-15-29/h5-6,8-13,29H,3-4,7,14-16H2,1-2H3,(H,25,30). The lowest BCUT2D eigenvalue weighted by Crippen LogP contribution is -2.30. The van der Waals surface area contributed by atoms with Crippen LogP contribution in [0, 0.1) is 0 Å². The van der Waals surface area contributed by atoms with E-state index in [9.17, 15) is 19.5 Å². The third-order valence-corrected chi connectivity index (χ3v) is 6.14. The van der Waals surface area contributed by atoms with Crippen molar-refractivity contribution in [3.05, 3.63) is 64.4 Å². The van der Waals surface area contributed by atoms with Gasteiger partial charge in [0.05, 0.1) is 16.7 Å². The second-order valence-electron chi connectivity index (χ2n) is 7.34. The molecule has 0 saturated heterocycles. The molecule has 2 aromatic carbocycles. The first-order chi connectivity index (χ1) is 16.0. The molecule has 0 atom stereocenters. The molecule has 33 heavy (non-hydrogen) atoms. The highest BCUT2D eigenvalue weighted by Gasteiger charge is 2.14. The van der Waals surface area contributed by atoms with Crippen LogP contribution in [0.15, 0.2) is 58.5 Å². The zero-order chi connectivity index (χ0) is 23.8. The van der Waals surface area contributed by atoms with Crippen LogP contribution in [0.3, 0.4) is 0 Å². The van der Waals surface area contributed by atoms with Crippen LogP contribution in [0.5, 0.6) is 0 Å². The SMILES string of the molecule is CCN(CC)C(=O)c1ccc(NC(=O)CSc2nc3ccccc3c(=O)n2CCCO)cc1. The molecule has 2 amide bonds. The minimum absolute atomic E-state index is 0.0448. The van der Waals surface area contributed by atoms with Gasteiger partial charge < -0.3 is 15.3 Å². The number of carbonyl (C=O) groups is 2. The number of para-hydroxylation sites is 1. The molecule has 0 spiro atoms. The summed E-state index contributed by atoms with van der Waals surface area (Å²) < 4.78 is 1.50. The quantitative estimate of drug-likeness (QED) is 0.350. The van der Waals surface area contributed by atoms with Crippen molar-refractivity contribution in [1.29, 1.82) is 0 Å². The summed E-state index contributed by atoms with van der Waals surface area (Å²) in [6, 6.07) is 13.9. The Balaban J connectivity index is 1.69. The summed E-state index contributed by atoms with van der Waals surface area (Å²) in [5.74, 6) is -0.236. The average molecular weight is 469 g/mol. The Morgan fingerprint density at radius 1 is 1.09 bits per heavy atom. The lowest BCUT2D eigenvalue weighted by atomic mass is 10.2. The first-order valence-corrected chi connectivity index (χ1v) is 11.9. The largest absolute Gasteiger partial charge is 0.396 e. The second kappa shape index (κ2) is 11.6. The van der Waals surface area contributed by atoms with Gasteiger partial charge in [-0.1, -0.05) is 23.9 Å². The van der Waals surface area contributed by atoms with Gasteiger partial charge >= 0.3 is 0 Å². The molecule has 1 heterocycles. The Kier molecular flexibility index (Phi) is 8.62. The molecule has 3 aromatic rings. The number of aliphatic hydroxyl groups is 1. The van der Waals surface area contributed by atoms with Crippen LogP contribution in [0.2, 0.25) is 0 Å². The molecule has 0 saturated carbocycles. The molecule has 2 N–H and O–H groups in total. The first-order valence-electron chi connectivity index (χ1n) is 10.9. The fourth-order valence-electron chi connectivity index (χ4n) is 3.40. The number of hydrogen-bond acceptors (Lipinski definition) is 6. The minimum atomic E-state index is -0.251. The normalized spacial score (nSPS) is 10.9. The summed E-state index contributed by atoms with van der Waals surface area (Å²) in [4.78, 5) is 44.1. The van der Waals surface area contributed by atoms with E-state index in [4.69, 9.17) is 0 Å². The van der Waals surface area contributed by atoms with Gasteiger partial charge in [0.25, 0.3) is 11.5 Å². The van der Waals surface area contributed by atoms with Gasteiger partial charge in [-0.15, -0.1) is 0 Å². The van der Waals surface area contributed by atoms with E-state index in [0.717, 1.165) is 0 Å². The van der Waals surface area contributed by atoms with Crippen LogP contribution in [-0.2, 0) is 11.3 Å². The molecule has 0 radical (unpaired) electrons. The van der Waals surface area contributed by atoms with E-state index in [2.05, 4.69) is 10.3 Å². The zero-order valence-electron chi connectivity index (χ0n) is 18.8. The molecule has 0 fully saturated rings. The monoisotopic (exact) mass is 468 g/mol. The molecule has 9 heteroatoms. The number of hydrogen-bond donors (Lipinski definition) is 2. The lowest BCUT2D eigenvalue weighted by molar-refractivity contribution is -0.113. The van der Waals surface area contributed by atoms with Crippen molar-refractivity contribution >= 4 is 40.2 Å². The highest BCUT2D eigenvalue weighted by atomic mass is 32.2. The van der Waals surface area contributed by atoms with Crippen molar-refractivity contribution in [2.24, 2.45) is 0 Å². The number of amides is 2. The summed E-state index contributed by atoms with van der Waals surface area (Å²) in [7, 11) is 0. The molecule has 1 aromatic heterocycles. The number of aromatic nitrogens is 2. The Bertz CT molecular complexity index is 1170. The van der Waals surface area contributed by atoms with E-state index < -0.39 is 0 Å². The van der Waals surface area contributed by atoms with Gasteiger partial charge in [-0.25, -0.2) is 4.98 Å². The number of anilines is 1. The second-order valence-corrected chi connectivity index (χ2v) is 8.28. The summed E-state index contributed by atoms with van der Waals surface area (Å²) in [5, 5.41) is 12.9. The molecule has 0 aliphatic heterocycles. The van der Waals surface area contributed by atoms with E-state index in [-0.39, 0.29) is 29.7 Å². The van der Waals surface area contributed by atoms with Crippen molar-refractivity contribution in [2.45, 2.75) is 32.0 Å². The maximum Gasteiger partial charge on any atom is 0.262 e. The van der Waals surface area contributed by atoms with E-state index in [1.165, 1.54) is 16.3 Å². The molecular weight excluding hydrogens is 440 g/mol. The van der Waals surface area contributed by atoms with Gasteiger partial charge in [-0.2, -0.15) is 0 Å². The van der Waals surface area contributed by atoms with Gasteiger partial charge in [-0.3, -0.25) is 19.0 Å². The lowest BCUT2D eigenvalue weighted by Gasteiger charge is -2.18. The maximum atomic E-state index is 12.9. The van der Waals surface area contributed by atoms with Crippen LogP contribution < -0.4 is 10.9 Å². The van der Waals surface area contributed by atoms with E-state index in [1.54, 1.807) is 47.4 Å². The smallest absolute Gasteiger partial charge is 0.262 e. The molecule has 8 nitrogen and oxygen atoms in total. The minimum Gasteiger partial charge on any atom is -0.396 e. The highest BCUT2D eigenvalue weighted by Crippen LogP contribution is 2.19. The highest BCUT2D eigenvalue weighted by molar-refractivity contribution is 7.99. The predicted molar refractivity (Wildman–Crippen MR) is 131 cm³/mol. The van der Waals surface area contributed by atoms with Gasteiger partial charge in [0.1, 0.15) is 0 Å². The maximum absolute atomic E-state index is 12.9. The number of nitrogens with zero attached hydrogens (tertiary/aromatic N) is 3. The van der Waals surface area contributed by atoms with Crippen molar-refractivity contribution in [1.82, 2.24) is 14.5 Å². The summed E-state index contributed by atoms with van der Waals surface area (Å²) >= 11 is 1.17. The fraction of sp³-hybridized carbons (Fsp3) is 0.333. The molecule has 0 unspecified atom stereocenters. The Labute approximate surface area is 196 Å². The summed E-state index contributed by atoms with van der Waals surface area (Å²) in [6.45, 7) is 5.41. The predicted octanol–water partition coefficient (Wildman–Crippen LogP) is 2.99. The van der Waals surface area contributed by atoms with Crippen molar-refractivity contribution in [2.75, 3.05) is 30.8 Å². The average Bonchev–Trinajstić information content (AvgIpc) is 2.83. The van der Waals surface area contributed by atoms with E-state index in [1.807, 2.05) is 19.9 Å². The van der Waals surface area contributed by atoms with E-state index >= 15 is 0 Å². The van der Waals surface area contributed by atoms with Gasteiger partial charge in [-0.05, 0) is 56.7 Å². The first kappa shape index (κ1) is 24.5. The Morgan fingerprint density at radius 2 is 1.79 bits per heavy atom. The molecule has 0 aliphatic rings. The molecule has 174 valence electrons. The van der Waals surface area contributed by atoms with Crippen LogP contribution in [0.4, 0.5) is 5.69 Å². The van der Waals surface area contributed by atoms with Gasteiger partial charge in [0.2, 0.25) is 5.91 Å². The molecular formula is C24H28N4O4S. The Hall–Kier alpha value is -3.17. The Morgan fingerprint density at radius 3 is 2.45 bits per heavy atom. The van der Waals surface area contributed by atoms with Crippen LogP contribution in [0.1, 0.15) is 30.6 Å². The molecule has 3 rings (SSSR count). The van der Waals surface area contributed by atoms with Crippen LogP contribution in [0.25, 0.3) is 10.9 Å². The topological polar surface area (TPSA) is 105 Å². The summed E-state index contributed by atoms with van der Waals surface area (Å²) in [5.41, 5.74) is 1.53. The number of carbonyl (C=O) groups excluding carboxylic acids is 2.